The number of nitrogens with two attached hydrogens (primary N) is 1. The average Bonchev–Trinajstić information content (AvgIpc) is 2.74. The minimum atomic E-state index is 0.274. The van der Waals surface area contributed by atoms with Gasteiger partial charge in [0, 0.05) is 19.0 Å². The highest BCUT2D eigenvalue weighted by Crippen LogP contribution is 2.23. The van der Waals surface area contributed by atoms with E-state index < -0.39 is 0 Å². The van der Waals surface area contributed by atoms with E-state index >= 15 is 0 Å². The van der Waals surface area contributed by atoms with E-state index in [1.165, 1.54) is 19.3 Å². The predicted octanol–water partition coefficient (Wildman–Crippen LogP) is 3.07. The van der Waals surface area contributed by atoms with Gasteiger partial charge in [0.15, 0.2) is 0 Å². The Kier molecular flexibility index (Phi) is 7.42. The number of aromatic nitrogens is 2. The first kappa shape index (κ1) is 16.5. The van der Waals surface area contributed by atoms with Gasteiger partial charge in [0.1, 0.15) is 0 Å². The van der Waals surface area contributed by atoms with E-state index in [2.05, 4.69) is 31.3 Å². The monoisotopic (exact) mass is 286 g/mol. The van der Waals surface area contributed by atoms with E-state index in [0.29, 0.717) is 0 Å². The van der Waals surface area contributed by atoms with Gasteiger partial charge in [0.05, 0.1) is 16.4 Å². The molecule has 0 bridgehead atoms. The summed E-state index contributed by atoms with van der Waals surface area (Å²) in [6.45, 7) is 7.23. The zero-order valence-electron chi connectivity index (χ0n) is 12.4. The zero-order chi connectivity index (χ0) is 14.3. The molecular formula is C14H27ClN4. The Balaban J connectivity index is 2.75. The second-order valence-electron chi connectivity index (χ2n) is 4.94. The zero-order valence-corrected chi connectivity index (χ0v) is 13.1. The van der Waals surface area contributed by atoms with Crippen LogP contribution >= 0.6 is 11.6 Å². The number of hydrogen-bond donors (Lipinski definition) is 2. The predicted molar refractivity (Wildman–Crippen MR) is 81.2 cm³/mol. The molecule has 0 fully saturated rings. The van der Waals surface area contributed by atoms with Gasteiger partial charge in [0.25, 0.3) is 0 Å². The maximum Gasteiger partial charge on any atom is 0.0850 e. The van der Waals surface area contributed by atoms with E-state index in [1.807, 2.05) is 4.68 Å². The molecule has 1 aromatic rings. The standard InChI is InChI=1S/C14H27ClN4/c1-4-7-8-9-11(17-16)10-13-14(15)12(5-2)18-19(13)6-3/h11,17H,4-10,16H2,1-3H3. The Morgan fingerprint density at radius 2 is 2.05 bits per heavy atom. The normalized spacial score (nSPS) is 12.9. The fraction of sp³-hybridized carbons (Fsp3) is 0.786. The van der Waals surface area contributed by atoms with Crippen molar-refractivity contribution in [3.05, 3.63) is 16.4 Å². The molecule has 0 amide bonds. The van der Waals surface area contributed by atoms with Crippen LogP contribution in [-0.4, -0.2) is 15.8 Å². The molecule has 0 spiro atoms. The lowest BCUT2D eigenvalue weighted by Crippen LogP contribution is -2.37. The lowest BCUT2D eigenvalue weighted by Gasteiger charge is -2.16. The van der Waals surface area contributed by atoms with E-state index in [4.69, 9.17) is 17.4 Å². The fourth-order valence-corrected chi connectivity index (χ4v) is 2.68. The lowest BCUT2D eigenvalue weighted by atomic mass is 10.0. The largest absolute Gasteiger partial charge is 0.271 e. The quantitative estimate of drug-likeness (QED) is 0.417. The molecule has 110 valence electrons. The number of aryl methyl sites for hydroxylation is 2. The van der Waals surface area contributed by atoms with Crippen LogP contribution in [0.1, 0.15) is 57.8 Å². The van der Waals surface area contributed by atoms with Crippen molar-refractivity contribution in [1.29, 1.82) is 0 Å². The molecule has 3 N–H and O–H groups in total. The second kappa shape index (κ2) is 8.56. The molecule has 19 heavy (non-hydrogen) atoms. The number of nitrogens with zero attached hydrogens (tertiary/aromatic N) is 2. The molecule has 1 aromatic heterocycles. The summed E-state index contributed by atoms with van der Waals surface area (Å²) in [7, 11) is 0. The van der Waals surface area contributed by atoms with Crippen molar-refractivity contribution in [2.75, 3.05) is 0 Å². The first-order valence-corrected chi connectivity index (χ1v) is 7.75. The van der Waals surface area contributed by atoms with Gasteiger partial charge in [-0.2, -0.15) is 5.10 Å². The van der Waals surface area contributed by atoms with Crippen LogP contribution in [0.4, 0.5) is 0 Å². The SMILES string of the molecule is CCCCCC(Cc1c(Cl)c(CC)nn1CC)NN. The average molecular weight is 287 g/mol. The van der Waals surface area contributed by atoms with Crippen LogP contribution < -0.4 is 11.3 Å². The highest BCUT2D eigenvalue weighted by molar-refractivity contribution is 6.31. The molecular weight excluding hydrogens is 260 g/mol. The van der Waals surface area contributed by atoms with Crippen molar-refractivity contribution in [3.8, 4) is 0 Å². The van der Waals surface area contributed by atoms with Crippen molar-refractivity contribution in [2.24, 2.45) is 5.84 Å². The van der Waals surface area contributed by atoms with E-state index in [-0.39, 0.29) is 6.04 Å². The molecule has 0 radical (unpaired) electrons. The van der Waals surface area contributed by atoms with Crippen LogP contribution in [0.5, 0.6) is 0 Å². The minimum absolute atomic E-state index is 0.274. The molecule has 5 heteroatoms. The summed E-state index contributed by atoms with van der Waals surface area (Å²) in [5, 5.41) is 5.37. The summed E-state index contributed by atoms with van der Waals surface area (Å²) >= 11 is 6.42. The Labute approximate surface area is 121 Å². The maximum atomic E-state index is 6.42. The summed E-state index contributed by atoms with van der Waals surface area (Å²) in [6.07, 6.45) is 6.47. The minimum Gasteiger partial charge on any atom is -0.271 e. The topological polar surface area (TPSA) is 55.9 Å². The molecule has 4 nitrogen and oxygen atoms in total. The van der Waals surface area contributed by atoms with Gasteiger partial charge >= 0.3 is 0 Å². The second-order valence-corrected chi connectivity index (χ2v) is 5.32. The summed E-state index contributed by atoms with van der Waals surface area (Å²) < 4.78 is 2.01. The summed E-state index contributed by atoms with van der Waals surface area (Å²) in [6, 6.07) is 0.274. The third-order valence-electron chi connectivity index (χ3n) is 3.53. The molecule has 0 aromatic carbocycles. The molecule has 1 heterocycles. The molecule has 1 unspecified atom stereocenters. The van der Waals surface area contributed by atoms with Crippen LogP contribution in [0.2, 0.25) is 5.02 Å². The summed E-state index contributed by atoms with van der Waals surface area (Å²) in [5.41, 5.74) is 5.02. The van der Waals surface area contributed by atoms with Crippen LogP contribution in [0, 0.1) is 0 Å². The van der Waals surface area contributed by atoms with Crippen LogP contribution in [0.25, 0.3) is 0 Å². The Morgan fingerprint density at radius 3 is 2.58 bits per heavy atom. The Morgan fingerprint density at radius 1 is 1.32 bits per heavy atom. The molecule has 1 rings (SSSR count). The smallest absolute Gasteiger partial charge is 0.0850 e. The van der Waals surface area contributed by atoms with Crippen LogP contribution in [0.15, 0.2) is 0 Å². The van der Waals surface area contributed by atoms with E-state index in [1.54, 1.807) is 0 Å². The lowest BCUT2D eigenvalue weighted by molar-refractivity contribution is 0.451. The van der Waals surface area contributed by atoms with Gasteiger partial charge in [0.2, 0.25) is 0 Å². The molecule has 0 aliphatic carbocycles. The molecule has 1 atom stereocenters. The van der Waals surface area contributed by atoms with Crippen molar-refractivity contribution in [1.82, 2.24) is 15.2 Å². The van der Waals surface area contributed by atoms with Gasteiger partial charge < -0.3 is 0 Å². The Bertz CT molecular complexity index is 376. The first-order valence-electron chi connectivity index (χ1n) is 7.37. The number of hydrazine groups is 1. The van der Waals surface area contributed by atoms with Crippen LogP contribution in [-0.2, 0) is 19.4 Å². The third-order valence-corrected chi connectivity index (χ3v) is 3.96. The van der Waals surface area contributed by atoms with Crippen molar-refractivity contribution < 1.29 is 0 Å². The van der Waals surface area contributed by atoms with E-state index in [9.17, 15) is 0 Å². The number of rotatable bonds is 9. The van der Waals surface area contributed by atoms with Crippen LogP contribution in [0.3, 0.4) is 0 Å². The number of halogens is 1. The highest BCUT2D eigenvalue weighted by atomic mass is 35.5. The molecule has 0 aliphatic rings. The summed E-state index contributed by atoms with van der Waals surface area (Å²) in [4.78, 5) is 0. The number of unbranched alkanes of at least 4 members (excludes halogenated alkanes) is 2. The van der Waals surface area contributed by atoms with Gasteiger partial charge in [-0.1, -0.05) is 44.7 Å². The van der Waals surface area contributed by atoms with E-state index in [0.717, 1.165) is 42.2 Å². The van der Waals surface area contributed by atoms with Gasteiger partial charge in [-0.25, -0.2) is 0 Å². The first-order chi connectivity index (χ1) is 9.17. The maximum absolute atomic E-state index is 6.42. The fourth-order valence-electron chi connectivity index (χ4n) is 2.33. The Hall–Kier alpha value is -0.580. The van der Waals surface area contributed by atoms with Gasteiger partial charge in [-0.3, -0.25) is 16.0 Å². The molecule has 0 saturated carbocycles. The summed E-state index contributed by atoms with van der Waals surface area (Å²) in [5.74, 6) is 5.66. The van der Waals surface area contributed by atoms with Gasteiger partial charge in [-0.05, 0) is 19.8 Å². The van der Waals surface area contributed by atoms with Crippen molar-refractivity contribution in [3.63, 3.8) is 0 Å². The molecule has 0 saturated heterocycles. The number of hydrogen-bond acceptors (Lipinski definition) is 3. The molecule has 0 aliphatic heterocycles. The van der Waals surface area contributed by atoms with Crippen molar-refractivity contribution >= 4 is 11.6 Å². The third kappa shape index (κ3) is 4.48. The van der Waals surface area contributed by atoms with Gasteiger partial charge in [-0.15, -0.1) is 0 Å². The van der Waals surface area contributed by atoms with Crippen molar-refractivity contribution in [2.45, 2.75) is 71.9 Å². The highest BCUT2D eigenvalue weighted by Gasteiger charge is 2.18. The number of nitrogens with one attached hydrogen (secondary N) is 1.